The van der Waals surface area contributed by atoms with Crippen LogP contribution in [0.1, 0.15) is 25.3 Å². The molecule has 1 amide bonds. The highest BCUT2D eigenvalue weighted by molar-refractivity contribution is 7.99. The van der Waals surface area contributed by atoms with Gasteiger partial charge in [0.25, 0.3) is 0 Å². The number of amides is 1. The lowest BCUT2D eigenvalue weighted by Crippen LogP contribution is -2.26. The molecule has 0 spiro atoms. The van der Waals surface area contributed by atoms with Crippen molar-refractivity contribution in [2.75, 3.05) is 17.6 Å². The van der Waals surface area contributed by atoms with Gasteiger partial charge in [-0.05, 0) is 24.1 Å². The molecule has 0 fully saturated rings. The summed E-state index contributed by atoms with van der Waals surface area (Å²) in [5, 5.41) is 7.62. The van der Waals surface area contributed by atoms with Crippen molar-refractivity contribution in [3.8, 4) is 0 Å². The molecular weight excluding hydrogens is 344 g/mol. The second-order valence-electron chi connectivity index (χ2n) is 5.21. The van der Waals surface area contributed by atoms with Crippen molar-refractivity contribution in [3.05, 3.63) is 47.2 Å². The molecule has 24 heavy (non-hydrogen) atoms. The zero-order valence-electron chi connectivity index (χ0n) is 13.6. The molecule has 2 N–H and O–H groups in total. The molecule has 1 heterocycles. The summed E-state index contributed by atoms with van der Waals surface area (Å²) < 4.78 is 0. The number of nitrogens with zero attached hydrogens (tertiary/aromatic N) is 2. The van der Waals surface area contributed by atoms with Crippen LogP contribution in [0, 0.1) is 0 Å². The molecule has 1 aromatic heterocycles. The summed E-state index contributed by atoms with van der Waals surface area (Å²) in [6.45, 7) is 3.48. The summed E-state index contributed by atoms with van der Waals surface area (Å²) in [5.74, 6) is 1.12. The van der Waals surface area contributed by atoms with E-state index in [1.165, 1.54) is 18.1 Å². The summed E-state index contributed by atoms with van der Waals surface area (Å²) in [5.41, 5.74) is 1.11. The predicted molar refractivity (Wildman–Crippen MR) is 99.5 cm³/mol. The Labute approximate surface area is 151 Å². The van der Waals surface area contributed by atoms with E-state index >= 15 is 0 Å². The van der Waals surface area contributed by atoms with Crippen LogP contribution in [0.15, 0.2) is 41.7 Å². The highest BCUT2D eigenvalue weighted by Crippen LogP contribution is 2.18. The van der Waals surface area contributed by atoms with Crippen molar-refractivity contribution >= 4 is 35.1 Å². The first-order valence-corrected chi connectivity index (χ1v) is 9.23. The van der Waals surface area contributed by atoms with Gasteiger partial charge in [-0.3, -0.25) is 4.79 Å². The van der Waals surface area contributed by atoms with Crippen LogP contribution in [0.3, 0.4) is 0 Å². The Morgan fingerprint density at radius 3 is 2.79 bits per heavy atom. The summed E-state index contributed by atoms with van der Waals surface area (Å²) in [7, 11) is 0. The van der Waals surface area contributed by atoms with Gasteiger partial charge in [-0.25, -0.2) is 9.97 Å². The third-order valence-corrected chi connectivity index (χ3v) is 4.41. The van der Waals surface area contributed by atoms with Crippen molar-refractivity contribution < 1.29 is 4.79 Å². The van der Waals surface area contributed by atoms with Gasteiger partial charge in [0, 0.05) is 24.2 Å². The van der Waals surface area contributed by atoms with E-state index < -0.39 is 0 Å². The van der Waals surface area contributed by atoms with Gasteiger partial charge in [-0.15, -0.1) is 0 Å². The molecular formula is C17H21ClN4OS. The van der Waals surface area contributed by atoms with Gasteiger partial charge in [0.2, 0.25) is 5.91 Å². The second-order valence-corrected chi connectivity index (χ2v) is 6.65. The number of hydrogen-bond acceptors (Lipinski definition) is 5. The smallest absolute Gasteiger partial charge is 0.230 e. The minimum Gasteiger partial charge on any atom is -0.366 e. The highest BCUT2D eigenvalue weighted by Gasteiger charge is 2.05. The van der Waals surface area contributed by atoms with Crippen LogP contribution in [0.25, 0.3) is 0 Å². The largest absolute Gasteiger partial charge is 0.366 e. The molecule has 5 nitrogen and oxygen atoms in total. The van der Waals surface area contributed by atoms with E-state index in [2.05, 4.69) is 27.5 Å². The summed E-state index contributed by atoms with van der Waals surface area (Å²) in [4.78, 5) is 20.1. The van der Waals surface area contributed by atoms with Crippen molar-refractivity contribution in [1.82, 2.24) is 15.3 Å². The van der Waals surface area contributed by atoms with Crippen molar-refractivity contribution in [2.45, 2.75) is 31.3 Å². The van der Waals surface area contributed by atoms with E-state index in [9.17, 15) is 4.79 Å². The first-order chi connectivity index (χ1) is 11.7. The van der Waals surface area contributed by atoms with E-state index in [-0.39, 0.29) is 5.91 Å². The lowest BCUT2D eigenvalue weighted by Gasteiger charge is -2.07. The first kappa shape index (κ1) is 18.5. The molecule has 0 aliphatic rings. The number of rotatable bonds is 9. The molecule has 0 aliphatic carbocycles. The molecule has 1 aromatic carbocycles. The number of carbonyl (C=O) groups is 1. The number of carbonyl (C=O) groups excluding carboxylic acids is 1. The number of anilines is 1. The Balaban J connectivity index is 1.80. The number of halogens is 1. The average Bonchev–Trinajstić information content (AvgIpc) is 2.60. The highest BCUT2D eigenvalue weighted by atomic mass is 35.5. The minimum atomic E-state index is 0.0303. The molecule has 0 unspecified atom stereocenters. The quantitative estimate of drug-likeness (QED) is 0.403. The normalized spacial score (nSPS) is 10.4. The Bertz CT molecular complexity index is 651. The average molecular weight is 365 g/mol. The number of hydrogen-bond donors (Lipinski definition) is 2. The topological polar surface area (TPSA) is 66.9 Å². The van der Waals surface area contributed by atoms with Crippen molar-refractivity contribution in [2.24, 2.45) is 0 Å². The van der Waals surface area contributed by atoms with E-state index in [0.717, 1.165) is 40.8 Å². The standard InChI is InChI=1S/C17H21ClN4OS/c1-2-3-8-19-16(23)11-24-17-9-15(21-12-22-17)20-10-13-4-6-14(18)7-5-13/h4-7,9,12H,2-3,8,10-11H2,1H3,(H,19,23)(H,20,21,22). The lowest BCUT2D eigenvalue weighted by molar-refractivity contribution is -0.118. The maximum absolute atomic E-state index is 11.7. The van der Waals surface area contributed by atoms with Gasteiger partial charge in [0.1, 0.15) is 17.2 Å². The maximum Gasteiger partial charge on any atom is 0.230 e. The fourth-order valence-electron chi connectivity index (χ4n) is 1.91. The van der Waals surface area contributed by atoms with Crippen LogP contribution in [0.4, 0.5) is 5.82 Å². The van der Waals surface area contributed by atoms with Crippen LogP contribution in [0.5, 0.6) is 0 Å². The number of aromatic nitrogens is 2. The van der Waals surface area contributed by atoms with Crippen LogP contribution in [-0.4, -0.2) is 28.2 Å². The Kier molecular flexibility index (Phi) is 7.85. The van der Waals surface area contributed by atoms with E-state index in [0.29, 0.717) is 12.3 Å². The third kappa shape index (κ3) is 6.76. The molecule has 0 aliphatic heterocycles. The molecule has 0 radical (unpaired) electrons. The van der Waals surface area contributed by atoms with E-state index in [1.807, 2.05) is 30.3 Å². The van der Waals surface area contributed by atoms with Gasteiger partial charge >= 0.3 is 0 Å². The van der Waals surface area contributed by atoms with Crippen LogP contribution < -0.4 is 10.6 Å². The first-order valence-electron chi connectivity index (χ1n) is 7.87. The Morgan fingerprint density at radius 2 is 2.04 bits per heavy atom. The predicted octanol–water partition coefficient (Wildman–Crippen LogP) is 3.75. The molecule has 2 aromatic rings. The van der Waals surface area contributed by atoms with Gasteiger partial charge in [-0.2, -0.15) is 0 Å². The van der Waals surface area contributed by atoms with Crippen LogP contribution in [-0.2, 0) is 11.3 Å². The number of thioether (sulfide) groups is 1. The second kappa shape index (κ2) is 10.2. The third-order valence-electron chi connectivity index (χ3n) is 3.23. The zero-order valence-corrected chi connectivity index (χ0v) is 15.2. The van der Waals surface area contributed by atoms with Crippen LogP contribution >= 0.6 is 23.4 Å². The van der Waals surface area contributed by atoms with Crippen molar-refractivity contribution in [1.29, 1.82) is 0 Å². The minimum absolute atomic E-state index is 0.0303. The molecule has 128 valence electrons. The van der Waals surface area contributed by atoms with Gasteiger partial charge in [0.15, 0.2) is 0 Å². The van der Waals surface area contributed by atoms with Gasteiger partial charge in [0.05, 0.1) is 5.75 Å². The monoisotopic (exact) mass is 364 g/mol. The Hall–Kier alpha value is -1.79. The Morgan fingerprint density at radius 1 is 1.25 bits per heavy atom. The summed E-state index contributed by atoms with van der Waals surface area (Å²) in [6.07, 6.45) is 3.58. The molecule has 0 saturated heterocycles. The fraction of sp³-hybridized carbons (Fsp3) is 0.353. The van der Waals surface area contributed by atoms with Gasteiger partial charge in [-0.1, -0.05) is 48.8 Å². The number of benzene rings is 1. The maximum atomic E-state index is 11.7. The zero-order chi connectivity index (χ0) is 17.2. The molecule has 2 rings (SSSR count). The van der Waals surface area contributed by atoms with Crippen LogP contribution in [0.2, 0.25) is 5.02 Å². The molecule has 7 heteroatoms. The van der Waals surface area contributed by atoms with Gasteiger partial charge < -0.3 is 10.6 Å². The molecule has 0 bridgehead atoms. The SMILES string of the molecule is CCCCNC(=O)CSc1cc(NCc2ccc(Cl)cc2)ncn1. The molecule has 0 atom stereocenters. The van der Waals surface area contributed by atoms with Crippen molar-refractivity contribution in [3.63, 3.8) is 0 Å². The van der Waals surface area contributed by atoms with E-state index in [4.69, 9.17) is 11.6 Å². The number of unbranched alkanes of at least 4 members (excludes halogenated alkanes) is 1. The fourth-order valence-corrected chi connectivity index (χ4v) is 2.73. The molecule has 0 saturated carbocycles. The van der Waals surface area contributed by atoms with E-state index in [1.54, 1.807) is 0 Å². The summed E-state index contributed by atoms with van der Waals surface area (Å²) >= 11 is 7.28. The summed E-state index contributed by atoms with van der Waals surface area (Å²) in [6, 6.07) is 9.49. The lowest BCUT2D eigenvalue weighted by atomic mass is 10.2. The number of nitrogens with one attached hydrogen (secondary N) is 2.